The third kappa shape index (κ3) is 2.38. The van der Waals surface area contributed by atoms with Crippen LogP contribution in [0.4, 0.5) is 0 Å². The van der Waals surface area contributed by atoms with Gasteiger partial charge in [-0.2, -0.15) is 9.48 Å². The Bertz CT molecular complexity index is 429. The number of hydroxylamine groups is 3. The first-order valence-corrected chi connectivity index (χ1v) is 8.27. The van der Waals surface area contributed by atoms with Crippen LogP contribution in [0.15, 0.2) is 0 Å². The number of quaternary nitrogens is 1. The van der Waals surface area contributed by atoms with Crippen LogP contribution in [0.2, 0.25) is 0 Å². The van der Waals surface area contributed by atoms with Gasteiger partial charge in [0.1, 0.15) is 24.6 Å². The number of fused-ring (bicyclic) bond motifs is 3. The topological polar surface area (TPSA) is 52.6 Å². The standard InChI is InChI=1S/C14H22NO4S/c1-9(16)20-11-6-8-18-14(17)12-10-5-3-4-7-15(10,2)19-13(11)12/h10-13H,3-8H2,1-2H3/q+1/t10-,11+,12-,13-,15?/m1/s1. The molecule has 0 aromatic heterocycles. The molecule has 5 nitrogen and oxygen atoms in total. The lowest BCUT2D eigenvalue weighted by molar-refractivity contribution is -1.10. The van der Waals surface area contributed by atoms with Crippen molar-refractivity contribution in [3.63, 3.8) is 0 Å². The average Bonchev–Trinajstić information content (AvgIpc) is 2.62. The number of cyclic esters (lactones) is 1. The average molecular weight is 300 g/mol. The van der Waals surface area contributed by atoms with E-state index in [1.54, 1.807) is 6.92 Å². The molecule has 0 aromatic rings. The van der Waals surface area contributed by atoms with Crippen molar-refractivity contribution in [2.24, 2.45) is 5.92 Å². The van der Waals surface area contributed by atoms with Crippen molar-refractivity contribution < 1.29 is 23.8 Å². The van der Waals surface area contributed by atoms with Crippen LogP contribution in [0.5, 0.6) is 0 Å². The summed E-state index contributed by atoms with van der Waals surface area (Å²) in [5.41, 5.74) is 0. The van der Waals surface area contributed by atoms with Crippen molar-refractivity contribution in [3.8, 4) is 0 Å². The molecule has 6 heteroatoms. The summed E-state index contributed by atoms with van der Waals surface area (Å²) in [6.07, 6.45) is 3.79. The Hall–Kier alpha value is -0.590. The van der Waals surface area contributed by atoms with Gasteiger partial charge in [0.25, 0.3) is 0 Å². The molecule has 3 saturated heterocycles. The molecule has 0 N–H and O–H groups in total. The maximum absolute atomic E-state index is 12.3. The van der Waals surface area contributed by atoms with E-state index in [1.165, 1.54) is 11.8 Å². The number of carbonyl (C=O) groups is 2. The highest BCUT2D eigenvalue weighted by Crippen LogP contribution is 2.45. The van der Waals surface area contributed by atoms with Crippen molar-refractivity contribution in [1.29, 1.82) is 0 Å². The number of esters is 1. The maximum Gasteiger partial charge on any atom is 0.318 e. The predicted octanol–water partition coefficient (Wildman–Crippen LogP) is 1.51. The number of hydrogen-bond donors (Lipinski definition) is 0. The second-order valence-corrected chi connectivity index (χ2v) is 7.58. The molecule has 5 atom stereocenters. The van der Waals surface area contributed by atoms with Crippen LogP contribution in [-0.2, 0) is 19.2 Å². The molecule has 0 spiro atoms. The fourth-order valence-corrected chi connectivity index (χ4v) is 4.89. The Kier molecular flexibility index (Phi) is 3.81. The maximum atomic E-state index is 12.3. The van der Waals surface area contributed by atoms with E-state index >= 15 is 0 Å². The molecule has 3 aliphatic rings. The first-order chi connectivity index (χ1) is 9.51. The third-order valence-electron chi connectivity index (χ3n) is 4.79. The van der Waals surface area contributed by atoms with Crippen molar-refractivity contribution in [2.75, 3.05) is 20.2 Å². The van der Waals surface area contributed by atoms with Crippen LogP contribution in [-0.4, -0.2) is 53.3 Å². The number of hydrogen-bond acceptors (Lipinski definition) is 5. The highest BCUT2D eigenvalue weighted by Gasteiger charge is 2.61. The van der Waals surface area contributed by atoms with Gasteiger partial charge in [-0.3, -0.25) is 9.59 Å². The summed E-state index contributed by atoms with van der Waals surface area (Å²) in [5, 5.41) is 0.115. The Labute approximate surface area is 123 Å². The van der Waals surface area contributed by atoms with E-state index in [0.717, 1.165) is 25.8 Å². The van der Waals surface area contributed by atoms with Gasteiger partial charge in [0.2, 0.25) is 0 Å². The molecule has 0 bridgehead atoms. The number of thioether (sulfide) groups is 1. The minimum Gasteiger partial charge on any atom is -0.465 e. The van der Waals surface area contributed by atoms with E-state index in [-0.39, 0.29) is 34.4 Å². The molecule has 112 valence electrons. The van der Waals surface area contributed by atoms with E-state index in [0.29, 0.717) is 17.7 Å². The molecule has 0 saturated carbocycles. The summed E-state index contributed by atoms with van der Waals surface area (Å²) in [6.45, 7) is 2.92. The van der Waals surface area contributed by atoms with Crippen LogP contribution in [0.25, 0.3) is 0 Å². The van der Waals surface area contributed by atoms with E-state index < -0.39 is 0 Å². The SMILES string of the molecule is CC(=O)S[C@H]1CCOC(=O)[C@H]2[C@@H]1O[N+]1(C)CCCC[C@H]21. The van der Waals surface area contributed by atoms with Crippen molar-refractivity contribution >= 4 is 22.8 Å². The summed E-state index contributed by atoms with van der Waals surface area (Å²) < 4.78 is 5.88. The van der Waals surface area contributed by atoms with Crippen LogP contribution >= 0.6 is 11.8 Å². The Morgan fingerprint density at radius 1 is 1.35 bits per heavy atom. The number of nitrogens with zero attached hydrogens (tertiary/aromatic N) is 1. The molecule has 3 fully saturated rings. The minimum atomic E-state index is -0.209. The molecule has 3 rings (SSSR count). The number of piperidine rings is 1. The van der Waals surface area contributed by atoms with Gasteiger partial charge in [-0.05, 0) is 19.3 Å². The van der Waals surface area contributed by atoms with Gasteiger partial charge >= 0.3 is 5.97 Å². The fraction of sp³-hybridized carbons (Fsp3) is 0.857. The lowest BCUT2D eigenvalue weighted by atomic mass is 9.87. The van der Waals surface area contributed by atoms with Crippen molar-refractivity contribution in [1.82, 2.24) is 0 Å². The summed E-state index contributed by atoms with van der Waals surface area (Å²) in [7, 11) is 2.07. The zero-order chi connectivity index (χ0) is 14.3. The smallest absolute Gasteiger partial charge is 0.318 e. The van der Waals surface area contributed by atoms with E-state index in [9.17, 15) is 9.59 Å². The van der Waals surface area contributed by atoms with E-state index in [1.807, 2.05) is 0 Å². The number of carbonyl (C=O) groups excluding carboxylic acids is 2. The molecule has 0 radical (unpaired) electrons. The zero-order valence-electron chi connectivity index (χ0n) is 12.0. The molecular weight excluding hydrogens is 278 g/mol. The summed E-state index contributed by atoms with van der Waals surface area (Å²) in [4.78, 5) is 30.1. The Balaban J connectivity index is 1.90. The monoisotopic (exact) mass is 300 g/mol. The number of rotatable bonds is 1. The molecule has 1 unspecified atom stereocenters. The van der Waals surface area contributed by atoms with Crippen LogP contribution in [0, 0.1) is 5.92 Å². The highest BCUT2D eigenvalue weighted by molar-refractivity contribution is 8.14. The molecular formula is C14H22NO4S+. The summed E-state index contributed by atoms with van der Waals surface area (Å²) >= 11 is 1.31. The van der Waals surface area contributed by atoms with Crippen LogP contribution in [0.1, 0.15) is 32.6 Å². The molecule has 3 heterocycles. The van der Waals surface area contributed by atoms with Crippen LogP contribution in [0.3, 0.4) is 0 Å². The first kappa shape index (κ1) is 14.4. The Morgan fingerprint density at radius 3 is 2.90 bits per heavy atom. The molecule has 20 heavy (non-hydrogen) atoms. The van der Waals surface area contributed by atoms with Gasteiger partial charge in [-0.15, -0.1) is 0 Å². The highest BCUT2D eigenvalue weighted by atomic mass is 32.2. The minimum absolute atomic E-state index is 0.0319. The van der Waals surface area contributed by atoms with Gasteiger partial charge in [0.05, 0.1) is 13.7 Å². The lowest BCUT2D eigenvalue weighted by Gasteiger charge is -2.36. The van der Waals surface area contributed by atoms with Gasteiger partial charge in [0.15, 0.2) is 5.12 Å². The molecule has 3 aliphatic heterocycles. The molecule has 0 aromatic carbocycles. The van der Waals surface area contributed by atoms with Gasteiger partial charge in [0, 0.05) is 18.6 Å². The van der Waals surface area contributed by atoms with Gasteiger partial charge in [-0.25, -0.2) is 0 Å². The molecule has 0 aliphatic carbocycles. The second kappa shape index (κ2) is 5.31. The summed E-state index contributed by atoms with van der Waals surface area (Å²) in [5.74, 6) is -0.338. The van der Waals surface area contributed by atoms with Crippen LogP contribution < -0.4 is 0 Å². The lowest BCUT2D eigenvalue weighted by Crippen LogP contribution is -2.52. The largest absolute Gasteiger partial charge is 0.465 e. The van der Waals surface area contributed by atoms with E-state index in [4.69, 9.17) is 9.57 Å². The van der Waals surface area contributed by atoms with Crippen molar-refractivity contribution in [2.45, 2.75) is 50.0 Å². The van der Waals surface area contributed by atoms with Gasteiger partial charge in [-0.1, -0.05) is 11.8 Å². The van der Waals surface area contributed by atoms with Crippen molar-refractivity contribution in [3.05, 3.63) is 0 Å². The van der Waals surface area contributed by atoms with Gasteiger partial charge < -0.3 is 4.74 Å². The predicted molar refractivity (Wildman–Crippen MR) is 74.7 cm³/mol. The quantitative estimate of drug-likeness (QED) is 0.543. The third-order valence-corrected chi connectivity index (χ3v) is 5.93. The fourth-order valence-electron chi connectivity index (χ4n) is 3.90. The number of ether oxygens (including phenoxy) is 1. The normalized spacial score (nSPS) is 44.2. The first-order valence-electron chi connectivity index (χ1n) is 7.39. The second-order valence-electron chi connectivity index (χ2n) is 6.16. The molecule has 0 amide bonds. The zero-order valence-corrected chi connectivity index (χ0v) is 12.9. The Morgan fingerprint density at radius 2 is 2.15 bits per heavy atom. The van der Waals surface area contributed by atoms with E-state index in [2.05, 4.69) is 7.05 Å². The summed E-state index contributed by atoms with van der Waals surface area (Å²) in [6, 6.07) is 0.189.